The molecular weight excluding hydrogens is 348 g/mol. The minimum absolute atomic E-state index is 0.0212. The van der Waals surface area contributed by atoms with Crippen LogP contribution in [-0.4, -0.2) is 29.8 Å². The molecule has 0 radical (unpaired) electrons. The molecule has 1 aliphatic rings. The molecule has 1 aliphatic heterocycles. The fourth-order valence-corrected chi connectivity index (χ4v) is 3.63. The SMILES string of the molecule is CCNC(=O)C1CCC(c2ccccc2)N(C(=O)c2ccc(Cl)cc2)C1. The largest absolute Gasteiger partial charge is 0.356 e. The van der Waals surface area contributed by atoms with E-state index < -0.39 is 0 Å². The van der Waals surface area contributed by atoms with Gasteiger partial charge in [-0.3, -0.25) is 9.59 Å². The molecule has 26 heavy (non-hydrogen) atoms. The molecule has 2 atom stereocenters. The number of carbonyl (C=O) groups is 2. The first-order chi connectivity index (χ1) is 12.6. The Balaban J connectivity index is 1.88. The standard InChI is InChI=1S/C21H23ClN2O2/c1-2-23-20(25)17-10-13-19(15-6-4-3-5-7-15)24(14-17)21(26)16-8-11-18(22)12-9-16/h3-9,11-12,17,19H,2,10,13-14H2,1H3,(H,23,25). The van der Waals surface area contributed by atoms with Gasteiger partial charge >= 0.3 is 0 Å². The van der Waals surface area contributed by atoms with Gasteiger partial charge in [0.15, 0.2) is 0 Å². The van der Waals surface area contributed by atoms with E-state index in [9.17, 15) is 9.59 Å². The molecule has 0 aliphatic carbocycles. The van der Waals surface area contributed by atoms with Crippen molar-refractivity contribution in [3.63, 3.8) is 0 Å². The number of carbonyl (C=O) groups excluding carboxylic acids is 2. The van der Waals surface area contributed by atoms with Gasteiger partial charge in [-0.2, -0.15) is 0 Å². The maximum Gasteiger partial charge on any atom is 0.254 e. The van der Waals surface area contributed by atoms with Gasteiger partial charge in [0.1, 0.15) is 0 Å². The Labute approximate surface area is 159 Å². The van der Waals surface area contributed by atoms with E-state index in [1.807, 2.05) is 42.2 Å². The van der Waals surface area contributed by atoms with Crippen LogP contribution >= 0.6 is 11.6 Å². The highest BCUT2D eigenvalue weighted by Crippen LogP contribution is 2.34. The summed E-state index contributed by atoms with van der Waals surface area (Å²) in [5, 5.41) is 3.48. The lowest BCUT2D eigenvalue weighted by Gasteiger charge is -2.39. The van der Waals surface area contributed by atoms with Gasteiger partial charge in [0.25, 0.3) is 5.91 Å². The first-order valence-corrected chi connectivity index (χ1v) is 9.37. The number of amides is 2. The average molecular weight is 371 g/mol. The number of nitrogens with one attached hydrogen (secondary N) is 1. The summed E-state index contributed by atoms with van der Waals surface area (Å²) in [4.78, 5) is 27.3. The lowest BCUT2D eigenvalue weighted by Crippen LogP contribution is -2.47. The van der Waals surface area contributed by atoms with Crippen molar-refractivity contribution in [1.29, 1.82) is 0 Å². The lowest BCUT2D eigenvalue weighted by atomic mass is 9.88. The quantitative estimate of drug-likeness (QED) is 0.881. The molecule has 1 fully saturated rings. The second-order valence-corrected chi connectivity index (χ2v) is 7.00. The third kappa shape index (κ3) is 4.07. The topological polar surface area (TPSA) is 49.4 Å². The maximum absolute atomic E-state index is 13.2. The van der Waals surface area contributed by atoms with Crippen molar-refractivity contribution in [2.45, 2.75) is 25.8 Å². The number of halogens is 1. The summed E-state index contributed by atoms with van der Waals surface area (Å²) in [6.07, 6.45) is 1.54. The number of hydrogen-bond acceptors (Lipinski definition) is 2. The van der Waals surface area contributed by atoms with E-state index in [1.54, 1.807) is 24.3 Å². The summed E-state index contributed by atoms with van der Waals surface area (Å²) in [6.45, 7) is 2.93. The predicted molar refractivity (Wildman–Crippen MR) is 103 cm³/mol. The van der Waals surface area contributed by atoms with Crippen LogP contribution in [0.15, 0.2) is 54.6 Å². The van der Waals surface area contributed by atoms with Crippen molar-refractivity contribution in [3.8, 4) is 0 Å². The molecule has 1 saturated heterocycles. The highest BCUT2D eigenvalue weighted by Gasteiger charge is 2.35. The molecule has 2 aromatic rings. The zero-order valence-electron chi connectivity index (χ0n) is 14.8. The Hall–Kier alpha value is -2.33. The molecule has 5 heteroatoms. The summed E-state index contributed by atoms with van der Waals surface area (Å²) < 4.78 is 0. The van der Waals surface area contributed by atoms with Crippen LogP contribution in [0.25, 0.3) is 0 Å². The van der Waals surface area contributed by atoms with Crippen molar-refractivity contribution in [2.75, 3.05) is 13.1 Å². The van der Waals surface area contributed by atoms with Crippen LogP contribution in [0.5, 0.6) is 0 Å². The molecule has 1 heterocycles. The van der Waals surface area contributed by atoms with Crippen LogP contribution in [0.4, 0.5) is 0 Å². The molecular formula is C21H23ClN2O2. The van der Waals surface area contributed by atoms with Gasteiger partial charge < -0.3 is 10.2 Å². The van der Waals surface area contributed by atoms with Crippen LogP contribution in [-0.2, 0) is 4.79 Å². The molecule has 2 aromatic carbocycles. The molecule has 0 aromatic heterocycles. The van der Waals surface area contributed by atoms with E-state index in [0.717, 1.165) is 18.4 Å². The molecule has 136 valence electrons. The third-order valence-electron chi connectivity index (χ3n) is 4.84. The van der Waals surface area contributed by atoms with Crippen molar-refractivity contribution < 1.29 is 9.59 Å². The summed E-state index contributed by atoms with van der Waals surface area (Å²) in [5.41, 5.74) is 1.69. The van der Waals surface area contributed by atoms with Crippen LogP contribution < -0.4 is 5.32 Å². The van der Waals surface area contributed by atoms with Crippen LogP contribution in [0.1, 0.15) is 41.7 Å². The van der Waals surface area contributed by atoms with Gasteiger partial charge in [0.05, 0.1) is 12.0 Å². The highest BCUT2D eigenvalue weighted by atomic mass is 35.5. The van der Waals surface area contributed by atoms with Gasteiger partial charge in [-0.25, -0.2) is 0 Å². The smallest absolute Gasteiger partial charge is 0.254 e. The molecule has 0 saturated carbocycles. The second kappa shape index (κ2) is 8.37. The van der Waals surface area contributed by atoms with E-state index in [1.165, 1.54) is 0 Å². The number of piperidine rings is 1. The number of rotatable bonds is 4. The first kappa shape index (κ1) is 18.5. The number of nitrogens with zero attached hydrogens (tertiary/aromatic N) is 1. The van der Waals surface area contributed by atoms with Gasteiger partial charge in [0, 0.05) is 23.7 Å². The second-order valence-electron chi connectivity index (χ2n) is 6.56. The monoisotopic (exact) mass is 370 g/mol. The zero-order valence-corrected chi connectivity index (χ0v) is 15.6. The maximum atomic E-state index is 13.2. The van der Waals surface area contributed by atoms with Crippen molar-refractivity contribution in [2.24, 2.45) is 5.92 Å². The van der Waals surface area contributed by atoms with Gasteiger partial charge in [-0.05, 0) is 49.6 Å². The number of likely N-dealkylation sites (tertiary alicyclic amines) is 1. The van der Waals surface area contributed by atoms with Gasteiger partial charge in [-0.1, -0.05) is 41.9 Å². The lowest BCUT2D eigenvalue weighted by molar-refractivity contribution is -0.126. The average Bonchev–Trinajstić information content (AvgIpc) is 2.68. The Morgan fingerprint density at radius 1 is 1.08 bits per heavy atom. The normalized spacial score (nSPS) is 19.8. The fraction of sp³-hybridized carbons (Fsp3) is 0.333. The van der Waals surface area contributed by atoms with E-state index >= 15 is 0 Å². The molecule has 1 N–H and O–H groups in total. The highest BCUT2D eigenvalue weighted by molar-refractivity contribution is 6.30. The summed E-state index contributed by atoms with van der Waals surface area (Å²) in [7, 11) is 0. The van der Waals surface area contributed by atoms with E-state index in [0.29, 0.717) is 23.7 Å². The Morgan fingerprint density at radius 2 is 1.77 bits per heavy atom. The van der Waals surface area contributed by atoms with Crippen LogP contribution in [0.3, 0.4) is 0 Å². The fourth-order valence-electron chi connectivity index (χ4n) is 3.51. The Bertz CT molecular complexity index is 761. The first-order valence-electron chi connectivity index (χ1n) is 8.99. The molecule has 2 unspecified atom stereocenters. The molecule has 4 nitrogen and oxygen atoms in total. The zero-order chi connectivity index (χ0) is 18.5. The Kier molecular flexibility index (Phi) is 5.94. The van der Waals surface area contributed by atoms with E-state index in [4.69, 9.17) is 11.6 Å². The van der Waals surface area contributed by atoms with Crippen molar-refractivity contribution >= 4 is 23.4 Å². The number of hydrogen-bond donors (Lipinski definition) is 1. The summed E-state index contributed by atoms with van der Waals surface area (Å²) in [6, 6.07) is 16.9. The van der Waals surface area contributed by atoms with Crippen LogP contribution in [0.2, 0.25) is 5.02 Å². The van der Waals surface area contributed by atoms with Crippen molar-refractivity contribution in [1.82, 2.24) is 10.2 Å². The third-order valence-corrected chi connectivity index (χ3v) is 5.09. The molecule has 0 bridgehead atoms. The summed E-state index contributed by atoms with van der Waals surface area (Å²) in [5.74, 6) is -0.219. The molecule has 3 rings (SSSR count). The van der Waals surface area contributed by atoms with Crippen molar-refractivity contribution in [3.05, 3.63) is 70.7 Å². The summed E-state index contributed by atoms with van der Waals surface area (Å²) >= 11 is 5.95. The van der Waals surface area contributed by atoms with Gasteiger partial charge in [-0.15, -0.1) is 0 Å². The minimum atomic E-state index is -0.175. The van der Waals surface area contributed by atoms with E-state index in [2.05, 4.69) is 5.32 Å². The minimum Gasteiger partial charge on any atom is -0.356 e. The van der Waals surface area contributed by atoms with E-state index in [-0.39, 0.29) is 23.8 Å². The predicted octanol–water partition coefficient (Wildman–Crippen LogP) is 4.07. The Morgan fingerprint density at radius 3 is 2.42 bits per heavy atom. The van der Waals surface area contributed by atoms with Crippen LogP contribution in [0, 0.1) is 5.92 Å². The number of benzene rings is 2. The molecule has 0 spiro atoms. The van der Waals surface area contributed by atoms with Gasteiger partial charge in [0.2, 0.25) is 5.91 Å². The molecule has 2 amide bonds.